The molecule has 0 radical (unpaired) electrons. The fourth-order valence-corrected chi connectivity index (χ4v) is 2.25. The van der Waals surface area contributed by atoms with E-state index in [-0.39, 0.29) is 18.8 Å². The predicted molar refractivity (Wildman–Crippen MR) is 94.3 cm³/mol. The second-order valence-corrected chi connectivity index (χ2v) is 6.82. The molecule has 25 heavy (non-hydrogen) atoms. The molecule has 0 saturated heterocycles. The van der Waals surface area contributed by atoms with Gasteiger partial charge in [-0.1, -0.05) is 37.3 Å². The fourth-order valence-electron chi connectivity index (χ4n) is 2.25. The first kappa shape index (κ1) is 20.7. The topological polar surface area (TPSA) is 81.7 Å². The number of carbonyl (C=O) groups is 3. The number of amides is 1. The zero-order chi connectivity index (χ0) is 19.0. The van der Waals surface area contributed by atoms with E-state index >= 15 is 0 Å². The van der Waals surface area contributed by atoms with Crippen LogP contribution < -0.4 is 5.32 Å². The lowest BCUT2D eigenvalue weighted by atomic mass is 9.93. The van der Waals surface area contributed by atoms with Crippen molar-refractivity contribution in [3.8, 4) is 0 Å². The van der Waals surface area contributed by atoms with Gasteiger partial charge in [0.1, 0.15) is 11.6 Å². The third-order valence-electron chi connectivity index (χ3n) is 3.36. The number of ether oxygens (including phenoxy) is 2. The van der Waals surface area contributed by atoms with Gasteiger partial charge in [0.15, 0.2) is 5.78 Å². The standard InChI is InChI=1S/C19H27NO5/c1-6-24-17(22)15(20-18(23)25-19(3,4)5)12-13(2)16(21)14-10-8-7-9-11-14/h7-11,13,15H,6,12H2,1-5H3,(H,20,23)/t13?,15-/m1/s1. The zero-order valence-electron chi connectivity index (χ0n) is 15.5. The molecule has 6 nitrogen and oxygen atoms in total. The highest BCUT2D eigenvalue weighted by Gasteiger charge is 2.29. The molecule has 6 heteroatoms. The van der Waals surface area contributed by atoms with Crippen LogP contribution in [-0.4, -0.2) is 36.1 Å². The van der Waals surface area contributed by atoms with Crippen molar-refractivity contribution in [3.05, 3.63) is 35.9 Å². The Labute approximate surface area is 148 Å². The average molecular weight is 349 g/mol. The molecular weight excluding hydrogens is 322 g/mol. The maximum atomic E-state index is 12.5. The van der Waals surface area contributed by atoms with E-state index in [0.29, 0.717) is 5.56 Å². The third-order valence-corrected chi connectivity index (χ3v) is 3.36. The monoisotopic (exact) mass is 349 g/mol. The summed E-state index contributed by atoms with van der Waals surface area (Å²) in [6, 6.07) is 7.88. The number of ketones is 1. The minimum absolute atomic E-state index is 0.0964. The van der Waals surface area contributed by atoms with Gasteiger partial charge < -0.3 is 14.8 Å². The van der Waals surface area contributed by atoms with Crippen LogP contribution in [-0.2, 0) is 14.3 Å². The maximum absolute atomic E-state index is 12.5. The van der Waals surface area contributed by atoms with Crippen LogP contribution in [0.3, 0.4) is 0 Å². The highest BCUT2D eigenvalue weighted by molar-refractivity contribution is 5.98. The molecule has 0 fully saturated rings. The first-order chi connectivity index (χ1) is 11.6. The Kier molecular flexibility index (Phi) is 7.61. The van der Waals surface area contributed by atoms with Gasteiger partial charge in [-0.2, -0.15) is 0 Å². The van der Waals surface area contributed by atoms with Gasteiger partial charge in [0.2, 0.25) is 0 Å². The van der Waals surface area contributed by atoms with E-state index in [0.717, 1.165) is 0 Å². The van der Waals surface area contributed by atoms with Crippen molar-refractivity contribution in [2.24, 2.45) is 5.92 Å². The van der Waals surface area contributed by atoms with E-state index in [2.05, 4.69) is 5.32 Å². The van der Waals surface area contributed by atoms with Crippen LogP contribution in [0.15, 0.2) is 30.3 Å². The molecule has 0 spiro atoms. The van der Waals surface area contributed by atoms with Gasteiger partial charge in [-0.3, -0.25) is 4.79 Å². The van der Waals surface area contributed by atoms with Gasteiger partial charge in [-0.25, -0.2) is 9.59 Å². The summed E-state index contributed by atoms with van der Waals surface area (Å²) in [5.41, 5.74) is -0.121. The number of rotatable bonds is 7. The minimum Gasteiger partial charge on any atom is -0.464 e. The summed E-state index contributed by atoms with van der Waals surface area (Å²) < 4.78 is 10.2. The number of Topliss-reactive ketones (excluding diaryl/α,β-unsaturated/α-hetero) is 1. The molecule has 2 atom stereocenters. The Morgan fingerprint density at radius 1 is 1.12 bits per heavy atom. The molecule has 138 valence electrons. The van der Waals surface area contributed by atoms with Crippen LogP contribution in [0, 0.1) is 5.92 Å². The van der Waals surface area contributed by atoms with E-state index in [1.165, 1.54) is 0 Å². The summed E-state index contributed by atoms with van der Waals surface area (Å²) in [6.45, 7) is 8.78. The first-order valence-corrected chi connectivity index (χ1v) is 8.39. The predicted octanol–water partition coefficient (Wildman–Crippen LogP) is 3.35. The quantitative estimate of drug-likeness (QED) is 0.603. The number of carbonyl (C=O) groups excluding carboxylic acids is 3. The minimum atomic E-state index is -0.947. The second-order valence-electron chi connectivity index (χ2n) is 6.82. The summed E-state index contributed by atoms with van der Waals surface area (Å²) in [4.78, 5) is 36.6. The van der Waals surface area contributed by atoms with Gasteiger partial charge in [0.05, 0.1) is 6.61 Å². The lowest BCUT2D eigenvalue weighted by Crippen LogP contribution is -2.45. The number of esters is 1. The number of hydrogen-bond acceptors (Lipinski definition) is 5. The van der Waals surface area contributed by atoms with Gasteiger partial charge in [-0.05, 0) is 34.1 Å². The Morgan fingerprint density at radius 2 is 1.72 bits per heavy atom. The van der Waals surface area contributed by atoms with Gasteiger partial charge in [-0.15, -0.1) is 0 Å². The van der Waals surface area contributed by atoms with Crippen molar-refractivity contribution in [1.29, 1.82) is 0 Å². The normalized spacial score (nSPS) is 13.5. The Bertz CT molecular complexity index is 592. The van der Waals surface area contributed by atoms with E-state index in [1.54, 1.807) is 58.9 Å². The zero-order valence-corrected chi connectivity index (χ0v) is 15.5. The maximum Gasteiger partial charge on any atom is 0.408 e. The van der Waals surface area contributed by atoms with Crippen LogP contribution in [0.4, 0.5) is 4.79 Å². The lowest BCUT2D eigenvalue weighted by Gasteiger charge is -2.24. The number of benzene rings is 1. The highest BCUT2D eigenvalue weighted by atomic mass is 16.6. The molecule has 0 aliphatic carbocycles. The molecule has 1 aromatic carbocycles. The van der Waals surface area contributed by atoms with Crippen LogP contribution in [0.2, 0.25) is 0 Å². The van der Waals surface area contributed by atoms with Crippen LogP contribution in [0.5, 0.6) is 0 Å². The molecule has 0 heterocycles. The number of alkyl carbamates (subject to hydrolysis) is 1. The van der Waals surface area contributed by atoms with E-state index in [9.17, 15) is 14.4 Å². The third kappa shape index (κ3) is 7.37. The molecule has 1 unspecified atom stereocenters. The smallest absolute Gasteiger partial charge is 0.408 e. The summed E-state index contributed by atoms with van der Waals surface area (Å²) >= 11 is 0. The largest absolute Gasteiger partial charge is 0.464 e. The van der Waals surface area contributed by atoms with Crippen LogP contribution in [0.1, 0.15) is 51.4 Å². The molecule has 0 aliphatic rings. The average Bonchev–Trinajstić information content (AvgIpc) is 2.52. The number of nitrogens with one attached hydrogen (secondary N) is 1. The molecule has 0 bridgehead atoms. The summed E-state index contributed by atoms with van der Waals surface area (Å²) in [5, 5.41) is 2.51. The van der Waals surface area contributed by atoms with Crippen molar-refractivity contribution < 1.29 is 23.9 Å². The molecule has 1 rings (SSSR count). The molecule has 1 amide bonds. The Morgan fingerprint density at radius 3 is 2.24 bits per heavy atom. The summed E-state index contributed by atoms with van der Waals surface area (Å²) in [5.74, 6) is -1.14. The highest BCUT2D eigenvalue weighted by Crippen LogP contribution is 2.16. The first-order valence-electron chi connectivity index (χ1n) is 8.39. The number of hydrogen-bond donors (Lipinski definition) is 1. The van der Waals surface area contributed by atoms with Crippen LogP contribution >= 0.6 is 0 Å². The molecular formula is C19H27NO5. The van der Waals surface area contributed by atoms with Gasteiger partial charge >= 0.3 is 12.1 Å². The Balaban J connectivity index is 2.80. The van der Waals surface area contributed by atoms with E-state index < -0.39 is 29.6 Å². The van der Waals surface area contributed by atoms with Crippen LogP contribution in [0.25, 0.3) is 0 Å². The molecule has 0 saturated carbocycles. The molecule has 0 aliphatic heterocycles. The van der Waals surface area contributed by atoms with Crippen molar-refractivity contribution in [3.63, 3.8) is 0 Å². The van der Waals surface area contributed by atoms with Crippen molar-refractivity contribution in [2.75, 3.05) is 6.61 Å². The second kappa shape index (κ2) is 9.20. The molecule has 1 N–H and O–H groups in total. The van der Waals surface area contributed by atoms with Gasteiger partial charge in [0.25, 0.3) is 0 Å². The van der Waals surface area contributed by atoms with Crippen molar-refractivity contribution >= 4 is 17.8 Å². The van der Waals surface area contributed by atoms with Crippen molar-refractivity contribution in [2.45, 2.75) is 52.7 Å². The van der Waals surface area contributed by atoms with Crippen molar-refractivity contribution in [1.82, 2.24) is 5.32 Å². The molecule has 1 aromatic rings. The molecule has 0 aromatic heterocycles. The summed E-state index contributed by atoms with van der Waals surface area (Å²) in [6.07, 6.45) is -0.587. The SMILES string of the molecule is CCOC(=O)[C@@H](CC(C)C(=O)c1ccccc1)NC(=O)OC(C)(C)C. The fraction of sp³-hybridized carbons (Fsp3) is 0.526. The Hall–Kier alpha value is -2.37. The van der Waals surface area contributed by atoms with Gasteiger partial charge in [0, 0.05) is 11.5 Å². The van der Waals surface area contributed by atoms with E-state index in [1.807, 2.05) is 6.07 Å². The van der Waals surface area contributed by atoms with E-state index in [4.69, 9.17) is 9.47 Å². The summed E-state index contributed by atoms with van der Waals surface area (Å²) in [7, 11) is 0. The lowest BCUT2D eigenvalue weighted by molar-refractivity contribution is -0.146.